The molecule has 0 bridgehead atoms. The topological polar surface area (TPSA) is 46.5 Å². The van der Waals surface area contributed by atoms with Crippen molar-refractivity contribution in [2.75, 3.05) is 0 Å². The molecule has 4 heteroatoms. The molecule has 3 rings (SSSR count). The summed E-state index contributed by atoms with van der Waals surface area (Å²) in [5.74, 6) is 2.90. The highest BCUT2D eigenvalue weighted by atomic mass is 15.1. The molecule has 1 N–H and O–H groups in total. The lowest BCUT2D eigenvalue weighted by Gasteiger charge is -2.14. The largest absolute Gasteiger partial charge is 0.339 e. The first-order chi connectivity index (χ1) is 12.7. The molecule has 0 aliphatic carbocycles. The van der Waals surface area contributed by atoms with Gasteiger partial charge in [0.1, 0.15) is 0 Å². The van der Waals surface area contributed by atoms with Crippen LogP contribution in [0.3, 0.4) is 0 Å². The molecule has 0 saturated heterocycles. The maximum absolute atomic E-state index is 4.96. The van der Waals surface area contributed by atoms with E-state index in [1.807, 2.05) is 6.20 Å². The van der Waals surface area contributed by atoms with E-state index in [-0.39, 0.29) is 0 Å². The Balaban J connectivity index is 2.13. The van der Waals surface area contributed by atoms with Crippen molar-refractivity contribution in [2.45, 2.75) is 61.3 Å². The van der Waals surface area contributed by atoms with E-state index in [9.17, 15) is 0 Å². The molecule has 144 valence electrons. The van der Waals surface area contributed by atoms with Crippen LogP contribution in [0.4, 0.5) is 0 Å². The fourth-order valence-corrected chi connectivity index (χ4v) is 3.85. The molecule has 3 aromatic rings. The van der Waals surface area contributed by atoms with Crippen molar-refractivity contribution >= 4 is 0 Å². The first kappa shape index (κ1) is 19.4. The van der Waals surface area contributed by atoms with E-state index in [4.69, 9.17) is 4.98 Å². The second-order valence-electron chi connectivity index (χ2n) is 8.63. The van der Waals surface area contributed by atoms with Gasteiger partial charge in [-0.3, -0.25) is 4.57 Å². The molecule has 0 fully saturated rings. The van der Waals surface area contributed by atoms with E-state index in [1.165, 1.54) is 22.4 Å². The van der Waals surface area contributed by atoms with Gasteiger partial charge >= 0.3 is 0 Å². The Hall–Kier alpha value is -2.36. The Morgan fingerprint density at radius 3 is 2.19 bits per heavy atom. The number of nitrogens with zero attached hydrogens (tertiary/aromatic N) is 3. The van der Waals surface area contributed by atoms with Gasteiger partial charge in [-0.25, -0.2) is 9.97 Å². The summed E-state index contributed by atoms with van der Waals surface area (Å²) in [5.41, 5.74) is 7.29. The first-order valence-electron chi connectivity index (χ1n) is 9.95. The zero-order chi connectivity index (χ0) is 19.7. The van der Waals surface area contributed by atoms with Gasteiger partial charge in [0.15, 0.2) is 11.6 Å². The van der Waals surface area contributed by atoms with Gasteiger partial charge in [-0.05, 0) is 56.6 Å². The minimum Gasteiger partial charge on any atom is -0.339 e. The second kappa shape index (κ2) is 7.71. The molecule has 0 unspecified atom stereocenters. The maximum atomic E-state index is 4.96. The lowest BCUT2D eigenvalue weighted by atomic mass is 10.0. The lowest BCUT2D eigenvalue weighted by molar-refractivity contribution is 0.636. The van der Waals surface area contributed by atoms with Gasteiger partial charge in [0.2, 0.25) is 0 Å². The Labute approximate surface area is 163 Å². The molecule has 1 aromatic carbocycles. The van der Waals surface area contributed by atoms with Gasteiger partial charge in [-0.1, -0.05) is 45.4 Å². The van der Waals surface area contributed by atoms with Crippen LogP contribution < -0.4 is 0 Å². The van der Waals surface area contributed by atoms with Crippen molar-refractivity contribution in [2.24, 2.45) is 11.8 Å². The zero-order valence-corrected chi connectivity index (χ0v) is 17.7. The highest BCUT2D eigenvalue weighted by Gasteiger charge is 2.18. The van der Waals surface area contributed by atoms with E-state index < -0.39 is 0 Å². The summed E-state index contributed by atoms with van der Waals surface area (Å²) in [4.78, 5) is 13.1. The predicted octanol–water partition coefficient (Wildman–Crippen LogP) is 5.58. The van der Waals surface area contributed by atoms with Gasteiger partial charge in [0.25, 0.3) is 0 Å². The monoisotopic (exact) mass is 364 g/mol. The number of aromatic nitrogens is 4. The van der Waals surface area contributed by atoms with Gasteiger partial charge in [-0.15, -0.1) is 0 Å². The predicted molar refractivity (Wildman–Crippen MR) is 112 cm³/mol. The molecule has 0 radical (unpaired) electrons. The molecule has 4 nitrogen and oxygen atoms in total. The first-order valence-corrected chi connectivity index (χ1v) is 9.95. The minimum atomic E-state index is 0.564. The number of nitrogens with one attached hydrogen (secondary N) is 1. The van der Waals surface area contributed by atoms with Crippen LogP contribution in [0.2, 0.25) is 0 Å². The van der Waals surface area contributed by atoms with Crippen molar-refractivity contribution in [3.8, 4) is 17.3 Å². The number of aromatic amines is 1. The summed E-state index contributed by atoms with van der Waals surface area (Å²) >= 11 is 0. The van der Waals surface area contributed by atoms with Gasteiger partial charge in [0.05, 0.1) is 11.4 Å². The van der Waals surface area contributed by atoms with E-state index in [0.29, 0.717) is 11.8 Å². The molecule has 2 aromatic heterocycles. The summed E-state index contributed by atoms with van der Waals surface area (Å²) in [5, 5.41) is 0. The van der Waals surface area contributed by atoms with E-state index >= 15 is 0 Å². The van der Waals surface area contributed by atoms with Crippen LogP contribution in [0.15, 0.2) is 24.5 Å². The van der Waals surface area contributed by atoms with Crippen LogP contribution in [0.25, 0.3) is 17.3 Å². The Morgan fingerprint density at radius 2 is 1.59 bits per heavy atom. The lowest BCUT2D eigenvalue weighted by Crippen LogP contribution is -2.03. The van der Waals surface area contributed by atoms with Gasteiger partial charge < -0.3 is 4.98 Å². The third kappa shape index (κ3) is 4.32. The Morgan fingerprint density at radius 1 is 0.963 bits per heavy atom. The van der Waals surface area contributed by atoms with Crippen LogP contribution in [0, 0.1) is 32.6 Å². The second-order valence-corrected chi connectivity index (χ2v) is 8.63. The van der Waals surface area contributed by atoms with E-state index in [2.05, 4.69) is 81.3 Å². The molecule has 0 spiro atoms. The summed E-state index contributed by atoms with van der Waals surface area (Å²) in [6, 6.07) is 4.47. The summed E-state index contributed by atoms with van der Waals surface area (Å²) < 4.78 is 2.22. The minimum absolute atomic E-state index is 0.564. The van der Waals surface area contributed by atoms with Crippen molar-refractivity contribution in [3.63, 3.8) is 0 Å². The number of benzene rings is 1. The SMILES string of the molecule is Cc1cc(C)c(-n2cc(CC(C)C)nc2-c2ncc(CC(C)C)[nH]2)c(C)c1. The number of hydrogen-bond donors (Lipinski definition) is 1. The fourth-order valence-electron chi connectivity index (χ4n) is 3.85. The third-order valence-electron chi connectivity index (χ3n) is 4.72. The number of aryl methyl sites for hydroxylation is 3. The van der Waals surface area contributed by atoms with Crippen LogP contribution >= 0.6 is 0 Å². The van der Waals surface area contributed by atoms with Crippen LogP contribution in [-0.2, 0) is 12.8 Å². The van der Waals surface area contributed by atoms with Crippen molar-refractivity contribution in [3.05, 3.63) is 52.6 Å². The fraction of sp³-hybridized carbons (Fsp3) is 0.478. The number of hydrogen-bond acceptors (Lipinski definition) is 2. The number of imidazole rings is 2. The standard InChI is InChI=1S/C23H32N4/c1-14(2)8-19-12-24-22(25-19)23-26-20(9-15(3)4)13-27(23)21-17(6)10-16(5)11-18(21)7/h10-15H,8-9H2,1-7H3,(H,24,25). The molecule has 0 atom stereocenters. The van der Waals surface area contributed by atoms with E-state index in [0.717, 1.165) is 35.9 Å². The van der Waals surface area contributed by atoms with Crippen molar-refractivity contribution in [1.29, 1.82) is 0 Å². The zero-order valence-electron chi connectivity index (χ0n) is 17.7. The number of H-pyrrole nitrogens is 1. The quantitative estimate of drug-likeness (QED) is 0.620. The summed E-state index contributed by atoms with van der Waals surface area (Å²) in [6.07, 6.45) is 6.09. The molecule has 2 heterocycles. The molecule has 0 aliphatic heterocycles. The number of rotatable bonds is 6. The van der Waals surface area contributed by atoms with Crippen molar-refractivity contribution in [1.82, 2.24) is 19.5 Å². The van der Waals surface area contributed by atoms with E-state index in [1.54, 1.807) is 0 Å². The third-order valence-corrected chi connectivity index (χ3v) is 4.72. The van der Waals surface area contributed by atoms with Crippen LogP contribution in [0.1, 0.15) is 55.8 Å². The molecular weight excluding hydrogens is 332 g/mol. The maximum Gasteiger partial charge on any atom is 0.181 e. The summed E-state index contributed by atoms with van der Waals surface area (Å²) in [7, 11) is 0. The molecule has 0 amide bonds. The molecule has 0 aliphatic rings. The normalized spacial score (nSPS) is 11.7. The molecule has 27 heavy (non-hydrogen) atoms. The average Bonchev–Trinajstić information content (AvgIpc) is 3.12. The highest BCUT2D eigenvalue weighted by Crippen LogP contribution is 2.28. The van der Waals surface area contributed by atoms with Crippen molar-refractivity contribution < 1.29 is 0 Å². The molecular formula is C23H32N4. The Bertz CT molecular complexity index is 905. The average molecular weight is 365 g/mol. The Kier molecular flexibility index (Phi) is 5.54. The van der Waals surface area contributed by atoms with Crippen LogP contribution in [-0.4, -0.2) is 19.5 Å². The van der Waals surface area contributed by atoms with Crippen LogP contribution in [0.5, 0.6) is 0 Å². The smallest absolute Gasteiger partial charge is 0.181 e. The highest BCUT2D eigenvalue weighted by molar-refractivity contribution is 5.57. The van der Waals surface area contributed by atoms with Gasteiger partial charge in [0, 0.05) is 18.1 Å². The summed E-state index contributed by atoms with van der Waals surface area (Å²) in [6.45, 7) is 15.4. The molecule has 0 saturated carbocycles. The van der Waals surface area contributed by atoms with Gasteiger partial charge in [-0.2, -0.15) is 0 Å².